The van der Waals surface area contributed by atoms with Gasteiger partial charge in [-0.2, -0.15) is 0 Å². The molecule has 29 heavy (non-hydrogen) atoms. The summed E-state index contributed by atoms with van der Waals surface area (Å²) in [6, 6.07) is 17.2. The van der Waals surface area contributed by atoms with Gasteiger partial charge in [0.15, 0.2) is 0 Å². The molecule has 2 saturated carbocycles. The third-order valence-electron chi connectivity index (χ3n) is 8.17. The molecule has 0 radical (unpaired) electrons. The van der Waals surface area contributed by atoms with Crippen LogP contribution in [-0.2, 0) is 5.41 Å². The number of hydrogen-bond acceptors (Lipinski definition) is 2. The first kappa shape index (κ1) is 17.4. The van der Waals surface area contributed by atoms with Gasteiger partial charge in [0.25, 0.3) is 0 Å². The van der Waals surface area contributed by atoms with Crippen LogP contribution >= 0.6 is 0 Å². The Morgan fingerprint density at radius 3 is 2.62 bits per heavy atom. The van der Waals surface area contributed by atoms with Gasteiger partial charge in [0.05, 0.1) is 7.11 Å². The van der Waals surface area contributed by atoms with Crippen molar-refractivity contribution in [1.82, 2.24) is 0 Å². The maximum atomic E-state index is 11.0. The summed E-state index contributed by atoms with van der Waals surface area (Å²) in [5.74, 6) is 2.77. The Labute approximate surface area is 172 Å². The van der Waals surface area contributed by atoms with E-state index in [9.17, 15) is 5.11 Å². The fraction of sp³-hybridized carbons (Fsp3) is 0.407. The van der Waals surface area contributed by atoms with Gasteiger partial charge in [-0.1, -0.05) is 56.4 Å². The highest BCUT2D eigenvalue weighted by Crippen LogP contribution is 2.63. The molecule has 1 spiro atoms. The highest BCUT2D eigenvalue weighted by molar-refractivity contribution is 6.05. The van der Waals surface area contributed by atoms with Crippen molar-refractivity contribution >= 4 is 10.8 Å². The Hall–Kier alpha value is -2.48. The Kier molecular flexibility index (Phi) is 3.75. The Bertz CT molecular complexity index is 1110. The number of rotatable bonds is 1. The molecule has 0 amide bonds. The molecule has 3 aromatic rings. The zero-order valence-corrected chi connectivity index (χ0v) is 17.1. The second-order valence-corrected chi connectivity index (χ2v) is 9.29. The Morgan fingerprint density at radius 2 is 1.72 bits per heavy atom. The van der Waals surface area contributed by atoms with Crippen molar-refractivity contribution in [2.24, 2.45) is 11.8 Å². The number of hydrogen-bond donors (Lipinski definition) is 1. The van der Waals surface area contributed by atoms with Gasteiger partial charge in [0.2, 0.25) is 0 Å². The second kappa shape index (κ2) is 6.26. The summed E-state index contributed by atoms with van der Waals surface area (Å²) in [4.78, 5) is 0. The summed E-state index contributed by atoms with van der Waals surface area (Å²) in [5.41, 5.74) is 5.63. The summed E-state index contributed by atoms with van der Waals surface area (Å²) in [6.45, 7) is 0. The molecule has 3 aromatic carbocycles. The number of ether oxygens (including phenoxy) is 1. The molecule has 3 atom stereocenters. The Morgan fingerprint density at radius 1 is 0.897 bits per heavy atom. The third kappa shape index (κ3) is 2.23. The molecule has 0 aliphatic heterocycles. The second-order valence-electron chi connectivity index (χ2n) is 9.29. The molecule has 0 bridgehead atoms. The number of benzene rings is 3. The lowest BCUT2D eigenvalue weighted by molar-refractivity contribution is 0.0994. The predicted molar refractivity (Wildman–Crippen MR) is 118 cm³/mol. The molecule has 6 rings (SSSR count). The zero-order valence-electron chi connectivity index (χ0n) is 17.1. The van der Waals surface area contributed by atoms with Crippen LogP contribution in [0.4, 0.5) is 0 Å². The molecule has 0 saturated heterocycles. The fourth-order valence-corrected chi connectivity index (χ4v) is 7.09. The molecule has 3 unspecified atom stereocenters. The van der Waals surface area contributed by atoms with Gasteiger partial charge in [0.1, 0.15) is 11.5 Å². The monoisotopic (exact) mass is 384 g/mol. The normalized spacial score (nSPS) is 27.5. The minimum Gasteiger partial charge on any atom is -0.507 e. The largest absolute Gasteiger partial charge is 0.507 e. The first-order valence-electron chi connectivity index (χ1n) is 11.2. The lowest BCUT2D eigenvalue weighted by atomic mass is 9.54. The standard InChI is InChI=1S/C27H28O2/c1-29-18-12-13-19-21(15-18)26-20-9-3-5-11-23(20)27(24(26)16-25(19)28)14-6-8-17-7-2-4-10-22(17)27/h3,5,9,11-13,15-17,22,28H,2,4,6-8,10,14H2,1H3. The number of phenolic OH excluding ortho intramolecular Hbond substituents is 1. The van der Waals surface area contributed by atoms with Crippen molar-refractivity contribution in [3.05, 3.63) is 59.7 Å². The van der Waals surface area contributed by atoms with E-state index in [2.05, 4.69) is 36.4 Å². The SMILES string of the molecule is COc1ccc2c(O)cc3c(c2c1)-c1ccccc1C31CCCC2CCCCC21. The van der Waals surface area contributed by atoms with Crippen molar-refractivity contribution in [2.45, 2.75) is 50.4 Å². The molecule has 1 N–H and O–H groups in total. The molecule has 0 aromatic heterocycles. The first-order chi connectivity index (χ1) is 14.2. The molecule has 3 aliphatic carbocycles. The van der Waals surface area contributed by atoms with E-state index in [1.807, 2.05) is 12.1 Å². The van der Waals surface area contributed by atoms with Crippen molar-refractivity contribution in [3.8, 4) is 22.6 Å². The lowest BCUT2D eigenvalue weighted by Crippen LogP contribution is -2.44. The summed E-state index contributed by atoms with van der Waals surface area (Å²) >= 11 is 0. The number of fused-ring (bicyclic) bond motifs is 9. The van der Waals surface area contributed by atoms with Crippen LogP contribution in [0, 0.1) is 11.8 Å². The van der Waals surface area contributed by atoms with Crippen LogP contribution in [0.1, 0.15) is 56.1 Å². The van der Waals surface area contributed by atoms with Crippen molar-refractivity contribution in [2.75, 3.05) is 7.11 Å². The van der Waals surface area contributed by atoms with Gasteiger partial charge in [0, 0.05) is 10.8 Å². The van der Waals surface area contributed by atoms with E-state index in [0.29, 0.717) is 11.7 Å². The molecule has 0 heterocycles. The number of aromatic hydroxyl groups is 1. The maximum absolute atomic E-state index is 11.0. The first-order valence-corrected chi connectivity index (χ1v) is 11.2. The van der Waals surface area contributed by atoms with E-state index in [1.165, 1.54) is 67.2 Å². The summed E-state index contributed by atoms with van der Waals surface area (Å²) < 4.78 is 5.55. The van der Waals surface area contributed by atoms with Gasteiger partial charge in [-0.25, -0.2) is 0 Å². The maximum Gasteiger partial charge on any atom is 0.123 e. The topological polar surface area (TPSA) is 29.5 Å². The van der Waals surface area contributed by atoms with Crippen LogP contribution in [0.15, 0.2) is 48.5 Å². The average molecular weight is 385 g/mol. The van der Waals surface area contributed by atoms with Gasteiger partial charge in [-0.05, 0) is 76.6 Å². The highest BCUT2D eigenvalue weighted by atomic mass is 16.5. The lowest BCUT2D eigenvalue weighted by Gasteiger charge is -2.50. The van der Waals surface area contributed by atoms with E-state index in [-0.39, 0.29) is 5.41 Å². The summed E-state index contributed by atoms with van der Waals surface area (Å²) in [6.07, 6.45) is 9.27. The van der Waals surface area contributed by atoms with Gasteiger partial charge in [-0.15, -0.1) is 0 Å². The van der Waals surface area contributed by atoms with Crippen molar-refractivity contribution in [3.63, 3.8) is 0 Å². The van der Waals surface area contributed by atoms with Crippen molar-refractivity contribution < 1.29 is 9.84 Å². The molecule has 148 valence electrons. The molecule has 2 nitrogen and oxygen atoms in total. The smallest absolute Gasteiger partial charge is 0.123 e. The van der Waals surface area contributed by atoms with E-state index in [0.717, 1.165) is 22.4 Å². The highest BCUT2D eigenvalue weighted by Gasteiger charge is 2.53. The molecular weight excluding hydrogens is 356 g/mol. The van der Waals surface area contributed by atoms with E-state index in [4.69, 9.17) is 4.74 Å². The summed E-state index contributed by atoms with van der Waals surface area (Å²) in [5, 5.41) is 13.1. The molecule has 2 heteroatoms. The summed E-state index contributed by atoms with van der Waals surface area (Å²) in [7, 11) is 1.72. The van der Waals surface area contributed by atoms with E-state index < -0.39 is 0 Å². The minimum absolute atomic E-state index is 0.0595. The van der Waals surface area contributed by atoms with E-state index in [1.54, 1.807) is 7.11 Å². The molecule has 2 fully saturated rings. The van der Waals surface area contributed by atoms with Gasteiger partial charge >= 0.3 is 0 Å². The van der Waals surface area contributed by atoms with Gasteiger partial charge < -0.3 is 9.84 Å². The van der Waals surface area contributed by atoms with Crippen LogP contribution in [-0.4, -0.2) is 12.2 Å². The fourth-order valence-electron chi connectivity index (χ4n) is 7.09. The minimum atomic E-state index is 0.0595. The van der Waals surface area contributed by atoms with Crippen LogP contribution in [0.2, 0.25) is 0 Å². The van der Waals surface area contributed by atoms with Crippen LogP contribution in [0.5, 0.6) is 11.5 Å². The van der Waals surface area contributed by atoms with Crippen LogP contribution in [0.25, 0.3) is 21.9 Å². The zero-order chi connectivity index (χ0) is 19.6. The Balaban J connectivity index is 1.72. The number of phenols is 1. The van der Waals surface area contributed by atoms with E-state index >= 15 is 0 Å². The van der Waals surface area contributed by atoms with Crippen molar-refractivity contribution in [1.29, 1.82) is 0 Å². The predicted octanol–water partition coefficient (Wildman–Crippen LogP) is 6.81. The molecule has 3 aliphatic rings. The van der Waals surface area contributed by atoms with Crippen LogP contribution in [0.3, 0.4) is 0 Å². The third-order valence-corrected chi connectivity index (χ3v) is 8.17. The molecular formula is C27H28O2. The average Bonchev–Trinajstić information content (AvgIpc) is 3.04. The number of methoxy groups -OCH3 is 1. The van der Waals surface area contributed by atoms with Crippen LogP contribution < -0.4 is 4.74 Å². The quantitative estimate of drug-likeness (QED) is 0.499. The van der Waals surface area contributed by atoms with Gasteiger partial charge in [-0.3, -0.25) is 0 Å².